The highest BCUT2D eigenvalue weighted by molar-refractivity contribution is 7.89. The lowest BCUT2D eigenvalue weighted by Crippen LogP contribution is -2.25. The number of rotatable bonds is 7. The van der Waals surface area contributed by atoms with Gasteiger partial charge in [0.05, 0.1) is 18.0 Å². The molecule has 3 aromatic rings. The summed E-state index contributed by atoms with van der Waals surface area (Å²) in [7, 11) is -3.71. The first-order valence-electron chi connectivity index (χ1n) is 8.07. The predicted molar refractivity (Wildman–Crippen MR) is 94.8 cm³/mol. The molecule has 132 valence electrons. The van der Waals surface area contributed by atoms with Crippen LogP contribution in [0, 0.1) is 0 Å². The van der Waals surface area contributed by atoms with E-state index in [2.05, 4.69) is 14.9 Å². The van der Waals surface area contributed by atoms with Crippen LogP contribution >= 0.6 is 0 Å². The van der Waals surface area contributed by atoms with Gasteiger partial charge in [-0.25, -0.2) is 13.1 Å². The van der Waals surface area contributed by atoms with Gasteiger partial charge >= 0.3 is 0 Å². The van der Waals surface area contributed by atoms with Gasteiger partial charge in [-0.15, -0.1) is 10.2 Å². The van der Waals surface area contributed by atoms with Crippen molar-refractivity contribution in [2.24, 2.45) is 0 Å². The van der Waals surface area contributed by atoms with E-state index in [0.29, 0.717) is 30.1 Å². The zero-order valence-corrected chi connectivity index (χ0v) is 15.0. The minimum Gasteiger partial charge on any atom is -0.493 e. The van der Waals surface area contributed by atoms with Crippen LogP contribution in [0.25, 0.3) is 10.8 Å². The maximum atomic E-state index is 12.8. The normalized spacial score (nSPS) is 11.8. The van der Waals surface area contributed by atoms with Gasteiger partial charge in [-0.05, 0) is 26.0 Å². The standard InChI is InChI=1S/C17H20N4O3S/c1-3-21-12-18-20-17(21)11-19-25(22,23)16-10-9-15(24-4-2)13-7-5-6-8-14(13)16/h5-10,12,19H,3-4,11H2,1-2H3. The van der Waals surface area contributed by atoms with E-state index in [9.17, 15) is 8.42 Å². The summed E-state index contributed by atoms with van der Waals surface area (Å²) in [5.74, 6) is 1.24. The number of aromatic nitrogens is 3. The topological polar surface area (TPSA) is 86.1 Å². The Morgan fingerprint density at radius 2 is 1.88 bits per heavy atom. The van der Waals surface area contributed by atoms with Crippen molar-refractivity contribution in [1.82, 2.24) is 19.5 Å². The molecular weight excluding hydrogens is 340 g/mol. The second-order valence-corrected chi connectivity index (χ2v) is 7.13. The Hall–Kier alpha value is -2.45. The number of fused-ring (bicyclic) bond motifs is 1. The quantitative estimate of drug-likeness (QED) is 0.699. The largest absolute Gasteiger partial charge is 0.493 e. The van der Waals surface area contributed by atoms with Crippen LogP contribution in [0.2, 0.25) is 0 Å². The molecule has 1 aromatic heterocycles. The van der Waals surface area contributed by atoms with E-state index in [1.807, 2.05) is 32.0 Å². The molecule has 0 radical (unpaired) electrons. The first-order chi connectivity index (χ1) is 12.1. The van der Waals surface area contributed by atoms with Crippen LogP contribution in [-0.4, -0.2) is 29.8 Å². The lowest BCUT2D eigenvalue weighted by atomic mass is 10.1. The molecule has 0 aliphatic heterocycles. The van der Waals surface area contributed by atoms with Crippen LogP contribution in [0.5, 0.6) is 5.75 Å². The molecule has 1 N–H and O–H groups in total. The molecule has 0 atom stereocenters. The highest BCUT2D eigenvalue weighted by Crippen LogP contribution is 2.31. The SMILES string of the molecule is CCOc1ccc(S(=O)(=O)NCc2nncn2CC)c2ccccc12. The summed E-state index contributed by atoms with van der Waals surface area (Å²) in [6, 6.07) is 10.6. The number of hydrogen-bond acceptors (Lipinski definition) is 5. The molecule has 3 rings (SSSR count). The molecule has 2 aromatic carbocycles. The molecule has 0 saturated carbocycles. The van der Waals surface area contributed by atoms with Gasteiger partial charge in [0.15, 0.2) is 0 Å². The Morgan fingerprint density at radius 3 is 2.60 bits per heavy atom. The van der Waals surface area contributed by atoms with Crippen molar-refractivity contribution >= 4 is 20.8 Å². The number of benzene rings is 2. The predicted octanol–water partition coefficient (Wildman–Crippen LogP) is 2.33. The maximum Gasteiger partial charge on any atom is 0.241 e. The fraction of sp³-hybridized carbons (Fsp3) is 0.294. The Bertz CT molecular complexity index is 982. The van der Waals surface area contributed by atoms with Gasteiger partial charge in [0.1, 0.15) is 17.9 Å². The first kappa shape index (κ1) is 17.4. The fourth-order valence-corrected chi connectivity index (χ4v) is 3.87. The summed E-state index contributed by atoms with van der Waals surface area (Å²) >= 11 is 0. The first-order valence-corrected chi connectivity index (χ1v) is 9.56. The van der Waals surface area contributed by atoms with Crippen molar-refractivity contribution in [3.63, 3.8) is 0 Å². The highest BCUT2D eigenvalue weighted by Gasteiger charge is 2.19. The lowest BCUT2D eigenvalue weighted by molar-refractivity contribution is 0.344. The average molecular weight is 360 g/mol. The zero-order valence-electron chi connectivity index (χ0n) is 14.1. The van der Waals surface area contributed by atoms with Gasteiger partial charge in [-0.2, -0.15) is 0 Å². The minimum absolute atomic E-state index is 0.0811. The Labute approximate surface area is 146 Å². The van der Waals surface area contributed by atoms with Crippen LogP contribution in [0.15, 0.2) is 47.6 Å². The summed E-state index contributed by atoms with van der Waals surface area (Å²) in [5.41, 5.74) is 0. The summed E-state index contributed by atoms with van der Waals surface area (Å²) < 4.78 is 35.6. The molecule has 0 spiro atoms. The monoisotopic (exact) mass is 360 g/mol. The molecule has 7 nitrogen and oxygen atoms in total. The molecule has 0 fully saturated rings. The second kappa shape index (κ2) is 7.20. The number of nitrogens with zero attached hydrogens (tertiary/aromatic N) is 3. The second-order valence-electron chi connectivity index (χ2n) is 5.40. The third-order valence-electron chi connectivity index (χ3n) is 3.89. The van der Waals surface area contributed by atoms with Gasteiger partial charge < -0.3 is 9.30 Å². The molecule has 0 unspecified atom stereocenters. The van der Waals surface area contributed by atoms with E-state index in [4.69, 9.17) is 4.74 Å². The molecular formula is C17H20N4O3S. The van der Waals surface area contributed by atoms with Crippen molar-refractivity contribution in [2.45, 2.75) is 31.8 Å². The van der Waals surface area contributed by atoms with Crippen molar-refractivity contribution in [3.8, 4) is 5.75 Å². The molecule has 0 amide bonds. The smallest absolute Gasteiger partial charge is 0.241 e. The number of ether oxygens (including phenoxy) is 1. The third-order valence-corrected chi connectivity index (χ3v) is 5.35. The van der Waals surface area contributed by atoms with Crippen LogP contribution in [0.4, 0.5) is 0 Å². The number of aryl methyl sites for hydroxylation is 1. The fourth-order valence-electron chi connectivity index (χ4n) is 2.68. The average Bonchev–Trinajstić information content (AvgIpc) is 3.08. The molecule has 8 heteroatoms. The van der Waals surface area contributed by atoms with Gasteiger partial charge in [0.2, 0.25) is 10.0 Å². The lowest BCUT2D eigenvalue weighted by Gasteiger charge is -2.13. The van der Waals surface area contributed by atoms with Gasteiger partial charge in [0.25, 0.3) is 0 Å². The number of nitrogens with one attached hydrogen (secondary N) is 1. The van der Waals surface area contributed by atoms with Crippen LogP contribution in [0.3, 0.4) is 0 Å². The zero-order chi connectivity index (χ0) is 17.9. The van der Waals surface area contributed by atoms with Crippen molar-refractivity contribution in [1.29, 1.82) is 0 Å². The Balaban J connectivity index is 1.96. The Morgan fingerprint density at radius 1 is 1.12 bits per heavy atom. The molecule has 0 bridgehead atoms. The summed E-state index contributed by atoms with van der Waals surface area (Å²) in [4.78, 5) is 0.217. The van der Waals surface area contributed by atoms with Crippen molar-refractivity contribution < 1.29 is 13.2 Å². The third kappa shape index (κ3) is 3.49. The summed E-state index contributed by atoms with van der Waals surface area (Å²) in [5, 5.41) is 9.15. The van der Waals surface area contributed by atoms with Crippen LogP contribution in [-0.2, 0) is 23.1 Å². The molecule has 0 saturated heterocycles. The van der Waals surface area contributed by atoms with E-state index < -0.39 is 10.0 Å². The van der Waals surface area contributed by atoms with E-state index in [0.717, 1.165) is 5.39 Å². The van der Waals surface area contributed by atoms with E-state index >= 15 is 0 Å². The van der Waals surface area contributed by atoms with Gasteiger partial charge in [-0.1, -0.05) is 24.3 Å². The number of hydrogen-bond donors (Lipinski definition) is 1. The molecule has 25 heavy (non-hydrogen) atoms. The molecule has 0 aliphatic rings. The van der Waals surface area contributed by atoms with E-state index in [1.54, 1.807) is 29.1 Å². The minimum atomic E-state index is -3.71. The maximum absolute atomic E-state index is 12.8. The van der Waals surface area contributed by atoms with Gasteiger partial charge in [0, 0.05) is 17.3 Å². The molecule has 1 heterocycles. The number of sulfonamides is 1. The van der Waals surface area contributed by atoms with Crippen LogP contribution < -0.4 is 9.46 Å². The van der Waals surface area contributed by atoms with Crippen molar-refractivity contribution in [2.75, 3.05) is 6.61 Å². The van der Waals surface area contributed by atoms with E-state index in [1.165, 1.54) is 0 Å². The summed E-state index contributed by atoms with van der Waals surface area (Å²) in [6.07, 6.45) is 1.58. The Kier molecular flexibility index (Phi) is 5.00. The van der Waals surface area contributed by atoms with Crippen LogP contribution in [0.1, 0.15) is 19.7 Å². The molecule has 0 aliphatic carbocycles. The summed E-state index contributed by atoms with van der Waals surface area (Å²) in [6.45, 7) is 5.11. The highest BCUT2D eigenvalue weighted by atomic mass is 32.2. The van der Waals surface area contributed by atoms with Gasteiger partial charge in [-0.3, -0.25) is 0 Å². The van der Waals surface area contributed by atoms with E-state index in [-0.39, 0.29) is 11.4 Å². The van der Waals surface area contributed by atoms with Crippen molar-refractivity contribution in [3.05, 3.63) is 48.5 Å².